The number of H-pyrrole nitrogens is 1. The number of carbonyl (C=O) groups is 1. The number of aryl methyl sites for hydroxylation is 1. The van der Waals surface area contributed by atoms with Crippen molar-refractivity contribution in [3.8, 4) is 11.1 Å². The first-order valence-corrected chi connectivity index (χ1v) is 12.3. The van der Waals surface area contributed by atoms with E-state index in [-0.39, 0.29) is 22.0 Å². The predicted molar refractivity (Wildman–Crippen MR) is 145 cm³/mol. The summed E-state index contributed by atoms with van der Waals surface area (Å²) in [6, 6.07) is 5.56. The number of benzene rings is 2. The molecule has 192 valence electrons. The van der Waals surface area contributed by atoms with Crippen molar-refractivity contribution in [3.05, 3.63) is 53.5 Å². The summed E-state index contributed by atoms with van der Waals surface area (Å²) in [6.45, 7) is 7.57. The molecule has 37 heavy (non-hydrogen) atoms. The quantitative estimate of drug-likeness (QED) is 0.313. The van der Waals surface area contributed by atoms with Crippen LogP contribution < -0.4 is 9.91 Å². The standard InChI is InChI=1S/C26H28ClFN8O/c1-6-20(37)35-9-11-36(12-10-35)25-16-13-18(27)22(21-15(2)7-8-19-17(21)14-29-32-19)23(28)24(16)30-26(31-25)34(5)33(3)4/h6-8,13-14H,1,9-12H2,2-5H3,(H,29,32). The Bertz CT molecular complexity index is 1530. The minimum absolute atomic E-state index is 0.109. The molecular weight excluding hydrogens is 495 g/mol. The maximum absolute atomic E-state index is 16.5. The largest absolute Gasteiger partial charge is 0.352 e. The highest BCUT2D eigenvalue weighted by molar-refractivity contribution is 6.35. The number of hydrogen-bond acceptors (Lipinski definition) is 7. The van der Waals surface area contributed by atoms with Crippen LogP contribution in [0.5, 0.6) is 0 Å². The number of aromatic nitrogens is 4. The molecule has 4 aromatic rings. The molecule has 0 radical (unpaired) electrons. The number of fused-ring (bicyclic) bond motifs is 2. The lowest BCUT2D eigenvalue weighted by atomic mass is 9.95. The summed E-state index contributed by atoms with van der Waals surface area (Å²) < 4.78 is 16.5. The lowest BCUT2D eigenvalue weighted by Crippen LogP contribution is -2.48. The van der Waals surface area contributed by atoms with Gasteiger partial charge >= 0.3 is 0 Å². The van der Waals surface area contributed by atoms with Gasteiger partial charge in [-0.05, 0) is 30.7 Å². The first-order valence-electron chi connectivity index (χ1n) is 11.9. The first-order chi connectivity index (χ1) is 17.7. The molecule has 1 aliphatic heterocycles. The first kappa shape index (κ1) is 24.9. The van der Waals surface area contributed by atoms with Crippen LogP contribution in [0.2, 0.25) is 5.02 Å². The molecule has 0 unspecified atom stereocenters. The highest BCUT2D eigenvalue weighted by Gasteiger charge is 2.27. The molecule has 0 bridgehead atoms. The number of rotatable bonds is 5. The average Bonchev–Trinajstić information content (AvgIpc) is 3.37. The summed E-state index contributed by atoms with van der Waals surface area (Å²) in [5.41, 5.74) is 2.80. The van der Waals surface area contributed by atoms with Crippen molar-refractivity contribution in [2.75, 3.05) is 57.2 Å². The van der Waals surface area contributed by atoms with Crippen molar-refractivity contribution in [1.82, 2.24) is 30.1 Å². The third kappa shape index (κ3) is 4.25. The van der Waals surface area contributed by atoms with E-state index in [1.807, 2.05) is 50.1 Å². The van der Waals surface area contributed by atoms with Crippen molar-refractivity contribution in [3.63, 3.8) is 0 Å². The zero-order valence-corrected chi connectivity index (χ0v) is 22.0. The van der Waals surface area contributed by atoms with Gasteiger partial charge in [0.1, 0.15) is 11.3 Å². The molecule has 9 nitrogen and oxygen atoms in total. The summed E-state index contributed by atoms with van der Waals surface area (Å²) >= 11 is 6.80. The maximum atomic E-state index is 16.5. The molecule has 3 heterocycles. The van der Waals surface area contributed by atoms with E-state index >= 15 is 4.39 Å². The van der Waals surface area contributed by atoms with Crippen LogP contribution >= 0.6 is 11.6 Å². The molecular formula is C26H28ClFN8O. The van der Waals surface area contributed by atoms with Gasteiger partial charge in [0.25, 0.3) is 0 Å². The fourth-order valence-electron chi connectivity index (χ4n) is 4.69. The number of nitrogens with zero attached hydrogens (tertiary/aromatic N) is 7. The summed E-state index contributed by atoms with van der Waals surface area (Å²) in [7, 11) is 5.54. The summed E-state index contributed by atoms with van der Waals surface area (Å²) in [6.07, 6.45) is 3.00. The second kappa shape index (κ2) is 9.60. The summed E-state index contributed by atoms with van der Waals surface area (Å²) in [5.74, 6) is 0.298. The lowest BCUT2D eigenvalue weighted by Gasteiger charge is -2.36. The van der Waals surface area contributed by atoms with Crippen LogP contribution in [0.4, 0.5) is 16.2 Å². The van der Waals surface area contributed by atoms with Gasteiger partial charge < -0.3 is 9.80 Å². The van der Waals surface area contributed by atoms with E-state index in [9.17, 15) is 4.79 Å². The Hall–Kier alpha value is -3.76. The number of anilines is 2. The van der Waals surface area contributed by atoms with E-state index < -0.39 is 5.82 Å². The molecule has 5 rings (SSSR count). The number of nitrogens with one attached hydrogen (secondary N) is 1. The van der Waals surface area contributed by atoms with Gasteiger partial charge in [-0.2, -0.15) is 10.1 Å². The molecule has 11 heteroatoms. The van der Waals surface area contributed by atoms with Gasteiger partial charge in [-0.25, -0.2) is 14.4 Å². The molecule has 0 saturated carbocycles. The number of aromatic amines is 1. The Kier molecular flexibility index (Phi) is 6.47. The van der Waals surface area contributed by atoms with E-state index in [1.54, 1.807) is 22.2 Å². The van der Waals surface area contributed by atoms with Crippen LogP contribution in [0.15, 0.2) is 37.1 Å². The van der Waals surface area contributed by atoms with Crippen LogP contribution in [-0.2, 0) is 4.79 Å². The number of carbonyl (C=O) groups excluding carboxylic acids is 1. The van der Waals surface area contributed by atoms with Crippen molar-refractivity contribution in [2.24, 2.45) is 0 Å². The monoisotopic (exact) mass is 522 g/mol. The second-order valence-electron chi connectivity index (χ2n) is 9.27. The van der Waals surface area contributed by atoms with Crippen molar-refractivity contribution < 1.29 is 9.18 Å². The van der Waals surface area contributed by atoms with Crippen molar-refractivity contribution in [2.45, 2.75) is 6.92 Å². The highest BCUT2D eigenvalue weighted by Crippen LogP contribution is 2.42. The van der Waals surface area contributed by atoms with Crippen LogP contribution in [-0.4, -0.2) is 83.3 Å². The van der Waals surface area contributed by atoms with Gasteiger partial charge in [0.2, 0.25) is 11.9 Å². The fourth-order valence-corrected chi connectivity index (χ4v) is 4.97. The van der Waals surface area contributed by atoms with Crippen molar-refractivity contribution >= 4 is 51.1 Å². The SMILES string of the molecule is C=CC(=O)N1CCN(c2nc(N(C)N(C)C)nc3c(F)c(-c4c(C)ccc5[nH]ncc45)c(Cl)cc23)CC1. The van der Waals surface area contributed by atoms with Crippen LogP contribution in [0, 0.1) is 12.7 Å². The van der Waals surface area contributed by atoms with Crippen LogP contribution in [0.3, 0.4) is 0 Å². The smallest absolute Gasteiger partial charge is 0.246 e. The highest BCUT2D eigenvalue weighted by atomic mass is 35.5. The average molecular weight is 523 g/mol. The molecule has 2 aromatic carbocycles. The Morgan fingerprint density at radius 3 is 2.54 bits per heavy atom. The molecule has 1 N–H and O–H groups in total. The van der Waals surface area contributed by atoms with Crippen molar-refractivity contribution in [1.29, 1.82) is 0 Å². The van der Waals surface area contributed by atoms with E-state index in [0.29, 0.717) is 48.9 Å². The van der Waals surface area contributed by atoms with E-state index in [4.69, 9.17) is 16.6 Å². The molecule has 0 spiro atoms. The van der Waals surface area contributed by atoms with Gasteiger partial charge in [0, 0.05) is 69.2 Å². The molecule has 1 fully saturated rings. The third-order valence-corrected chi connectivity index (χ3v) is 7.19. The molecule has 2 aromatic heterocycles. The predicted octanol–water partition coefficient (Wildman–Crippen LogP) is 4.02. The number of piperazine rings is 1. The zero-order valence-electron chi connectivity index (χ0n) is 21.2. The molecule has 0 atom stereocenters. The number of halogens is 2. The number of hydrazine groups is 1. The Balaban J connectivity index is 1.72. The third-order valence-electron chi connectivity index (χ3n) is 6.89. The Morgan fingerprint density at radius 2 is 1.86 bits per heavy atom. The summed E-state index contributed by atoms with van der Waals surface area (Å²) in [4.78, 5) is 25.3. The van der Waals surface area contributed by atoms with Gasteiger partial charge in [-0.3, -0.25) is 14.9 Å². The van der Waals surface area contributed by atoms with Gasteiger partial charge in [0.05, 0.1) is 16.7 Å². The molecule has 1 amide bonds. The molecule has 1 saturated heterocycles. The Morgan fingerprint density at radius 1 is 1.14 bits per heavy atom. The van der Waals surface area contributed by atoms with E-state index in [0.717, 1.165) is 16.5 Å². The second-order valence-corrected chi connectivity index (χ2v) is 9.67. The molecule has 1 aliphatic rings. The van der Waals surface area contributed by atoms with Crippen LogP contribution in [0.1, 0.15) is 5.56 Å². The van der Waals surface area contributed by atoms with E-state index in [2.05, 4.69) is 21.8 Å². The minimum Gasteiger partial charge on any atom is -0.352 e. The number of amides is 1. The summed E-state index contributed by atoms with van der Waals surface area (Å²) in [5, 5.41) is 12.2. The van der Waals surface area contributed by atoms with E-state index in [1.165, 1.54) is 6.08 Å². The maximum Gasteiger partial charge on any atom is 0.246 e. The fraction of sp³-hybridized carbons (Fsp3) is 0.308. The van der Waals surface area contributed by atoms with Gasteiger partial charge in [0.15, 0.2) is 5.82 Å². The normalized spacial score (nSPS) is 14.1. The van der Waals surface area contributed by atoms with Gasteiger partial charge in [-0.1, -0.05) is 24.2 Å². The number of hydrogen-bond donors (Lipinski definition) is 1. The zero-order chi connectivity index (χ0) is 26.4. The topological polar surface area (TPSA) is 84.5 Å². The molecule has 0 aliphatic carbocycles. The minimum atomic E-state index is -0.517. The van der Waals surface area contributed by atoms with Crippen LogP contribution in [0.25, 0.3) is 32.9 Å². The Labute approximate surface area is 219 Å². The lowest BCUT2D eigenvalue weighted by molar-refractivity contribution is -0.126. The van der Waals surface area contributed by atoms with Gasteiger partial charge in [-0.15, -0.1) is 0 Å².